The third kappa shape index (κ3) is 3.30. The van der Waals surface area contributed by atoms with Gasteiger partial charge in [-0.1, -0.05) is 6.07 Å². The quantitative estimate of drug-likeness (QED) is 0.801. The van der Waals surface area contributed by atoms with Gasteiger partial charge in [0.15, 0.2) is 0 Å². The fourth-order valence-corrected chi connectivity index (χ4v) is 2.32. The first-order chi connectivity index (χ1) is 8.17. The molecule has 0 bridgehead atoms. The molecular weight excluding hydrogens is 256 g/mol. The average molecular weight is 272 g/mol. The van der Waals surface area contributed by atoms with Crippen LogP contribution in [-0.4, -0.2) is 33.4 Å². The predicted octanol–water partition coefficient (Wildman–Crippen LogP) is 2.01. The highest BCUT2D eigenvalue weighted by atomic mass is 32.1. The van der Waals surface area contributed by atoms with E-state index in [0.717, 1.165) is 0 Å². The molecule has 1 rings (SSSR count). The van der Waals surface area contributed by atoms with Crippen LogP contribution in [0.4, 0.5) is 0 Å². The van der Waals surface area contributed by atoms with E-state index in [1.807, 2.05) is 0 Å². The van der Waals surface area contributed by atoms with Gasteiger partial charge in [-0.05, 0) is 32.2 Å². The van der Waals surface area contributed by atoms with Crippen molar-refractivity contribution in [3.05, 3.63) is 22.4 Å². The average Bonchev–Trinajstić information content (AvgIpc) is 2.66. The minimum atomic E-state index is -2.25. The van der Waals surface area contributed by atoms with Gasteiger partial charge in [0.05, 0.1) is 5.60 Å². The Kier molecular flexibility index (Phi) is 4.13. The minimum absolute atomic E-state index is 0.188. The molecule has 0 spiro atoms. The van der Waals surface area contributed by atoms with Crippen LogP contribution < -0.4 is 0 Å². The second-order valence-corrected chi connectivity index (χ2v) is 5.94. The van der Waals surface area contributed by atoms with Gasteiger partial charge in [-0.15, -0.1) is 11.3 Å². The topological polar surface area (TPSA) is 83.8 Å². The Morgan fingerprint density at radius 3 is 2.17 bits per heavy atom. The van der Waals surface area contributed by atoms with E-state index >= 15 is 0 Å². The summed E-state index contributed by atoms with van der Waals surface area (Å²) in [7, 11) is 0. The molecule has 0 aliphatic rings. The first-order valence-electron chi connectivity index (χ1n) is 5.37. The lowest BCUT2D eigenvalue weighted by Gasteiger charge is -2.32. The molecule has 0 amide bonds. The highest BCUT2D eigenvalue weighted by Crippen LogP contribution is 2.27. The third-order valence-corrected chi connectivity index (χ3v) is 3.05. The number of aliphatic carboxylic acids is 2. The van der Waals surface area contributed by atoms with Crippen LogP contribution in [-0.2, 0) is 20.7 Å². The number of thiophene rings is 1. The molecule has 0 saturated heterocycles. The monoisotopic (exact) mass is 272 g/mol. The van der Waals surface area contributed by atoms with Crippen LogP contribution in [0.3, 0.4) is 0 Å². The molecule has 0 fully saturated rings. The van der Waals surface area contributed by atoms with Crippen molar-refractivity contribution in [1.82, 2.24) is 0 Å². The van der Waals surface area contributed by atoms with E-state index < -0.39 is 23.1 Å². The van der Waals surface area contributed by atoms with Gasteiger partial charge in [0, 0.05) is 11.3 Å². The summed E-state index contributed by atoms with van der Waals surface area (Å²) >= 11 is 1.30. The smallest absolute Gasteiger partial charge is 0.348 e. The van der Waals surface area contributed by atoms with Gasteiger partial charge in [0.1, 0.15) is 0 Å². The zero-order valence-corrected chi connectivity index (χ0v) is 11.3. The number of carbonyl (C=O) groups is 2. The molecule has 1 aromatic rings. The van der Waals surface area contributed by atoms with Crippen molar-refractivity contribution in [3.63, 3.8) is 0 Å². The number of ether oxygens (including phenoxy) is 1. The fourth-order valence-electron chi connectivity index (χ4n) is 1.55. The fraction of sp³-hybridized carbons (Fsp3) is 0.500. The molecule has 0 radical (unpaired) electrons. The number of hydrogen-bond donors (Lipinski definition) is 2. The molecule has 1 heterocycles. The number of rotatable bonds is 5. The second kappa shape index (κ2) is 5.07. The normalized spacial score (nSPS) is 12.4. The third-order valence-electron chi connectivity index (χ3n) is 2.17. The van der Waals surface area contributed by atoms with E-state index in [4.69, 9.17) is 4.74 Å². The Labute approximate surface area is 109 Å². The van der Waals surface area contributed by atoms with E-state index in [0.29, 0.717) is 4.88 Å². The zero-order valence-electron chi connectivity index (χ0n) is 10.5. The number of carboxylic acid groups (broad SMARTS) is 2. The van der Waals surface area contributed by atoms with Crippen molar-refractivity contribution in [2.45, 2.75) is 38.4 Å². The minimum Gasteiger partial charge on any atom is -0.479 e. The number of carboxylic acids is 2. The molecular formula is C12H16O5S. The maximum absolute atomic E-state index is 11.4. The van der Waals surface area contributed by atoms with Gasteiger partial charge in [-0.25, -0.2) is 9.59 Å². The molecule has 5 nitrogen and oxygen atoms in total. The van der Waals surface area contributed by atoms with E-state index in [1.54, 1.807) is 38.3 Å². The molecule has 6 heteroatoms. The van der Waals surface area contributed by atoms with Crippen LogP contribution in [0.5, 0.6) is 0 Å². The molecule has 18 heavy (non-hydrogen) atoms. The van der Waals surface area contributed by atoms with Gasteiger partial charge in [-0.2, -0.15) is 0 Å². The zero-order chi connectivity index (χ0) is 14.0. The van der Waals surface area contributed by atoms with Crippen LogP contribution in [0.25, 0.3) is 0 Å². The standard InChI is InChI=1S/C12H16O5S/c1-11(2,3)17-12(9(13)14,10(15)16)7-8-5-4-6-18-8/h4-6H,7H2,1-3H3,(H,13,14)(H,15,16). The highest BCUT2D eigenvalue weighted by Gasteiger charge is 2.51. The van der Waals surface area contributed by atoms with Gasteiger partial charge >= 0.3 is 11.9 Å². The lowest BCUT2D eigenvalue weighted by molar-refractivity contribution is -0.199. The molecule has 0 atom stereocenters. The Hall–Kier alpha value is -1.40. The van der Waals surface area contributed by atoms with Crippen molar-refractivity contribution < 1.29 is 24.5 Å². The summed E-state index contributed by atoms with van der Waals surface area (Å²) in [6.07, 6.45) is -0.188. The Bertz CT molecular complexity index is 416. The van der Waals surface area contributed by atoms with E-state index in [9.17, 15) is 19.8 Å². The van der Waals surface area contributed by atoms with Crippen LogP contribution in [0.1, 0.15) is 25.6 Å². The first-order valence-corrected chi connectivity index (χ1v) is 6.25. The SMILES string of the molecule is CC(C)(C)OC(Cc1cccs1)(C(=O)O)C(=O)O. The molecule has 0 aliphatic carbocycles. The Morgan fingerprint density at radius 1 is 1.28 bits per heavy atom. The van der Waals surface area contributed by atoms with Crippen molar-refractivity contribution in [2.75, 3.05) is 0 Å². The summed E-state index contributed by atoms with van der Waals surface area (Å²) in [6, 6.07) is 3.43. The van der Waals surface area contributed by atoms with Gasteiger partial charge in [0.2, 0.25) is 0 Å². The summed E-state index contributed by atoms with van der Waals surface area (Å²) in [5.74, 6) is -2.98. The predicted molar refractivity (Wildman–Crippen MR) is 66.9 cm³/mol. The van der Waals surface area contributed by atoms with Crippen LogP contribution in [0.2, 0.25) is 0 Å². The summed E-state index contributed by atoms with van der Waals surface area (Å²) in [5.41, 5.74) is -3.11. The Morgan fingerprint density at radius 2 is 1.83 bits per heavy atom. The summed E-state index contributed by atoms with van der Waals surface area (Å²) in [4.78, 5) is 23.4. The molecule has 0 aliphatic heterocycles. The van der Waals surface area contributed by atoms with Crippen molar-refractivity contribution >= 4 is 23.3 Å². The summed E-state index contributed by atoms with van der Waals surface area (Å²) in [5, 5.41) is 20.3. The van der Waals surface area contributed by atoms with Gasteiger partial charge in [-0.3, -0.25) is 0 Å². The molecule has 2 N–H and O–H groups in total. The van der Waals surface area contributed by atoms with Gasteiger partial charge in [0.25, 0.3) is 5.60 Å². The van der Waals surface area contributed by atoms with Crippen LogP contribution in [0, 0.1) is 0 Å². The maximum atomic E-state index is 11.4. The maximum Gasteiger partial charge on any atom is 0.348 e. The van der Waals surface area contributed by atoms with Crippen molar-refractivity contribution in [2.24, 2.45) is 0 Å². The van der Waals surface area contributed by atoms with Crippen LogP contribution in [0.15, 0.2) is 17.5 Å². The van der Waals surface area contributed by atoms with Crippen molar-refractivity contribution in [1.29, 1.82) is 0 Å². The lowest BCUT2D eigenvalue weighted by Crippen LogP contribution is -2.54. The molecule has 0 saturated carbocycles. The largest absolute Gasteiger partial charge is 0.479 e. The molecule has 0 aromatic carbocycles. The highest BCUT2D eigenvalue weighted by molar-refractivity contribution is 7.09. The number of hydrogen-bond acceptors (Lipinski definition) is 4. The van der Waals surface area contributed by atoms with Gasteiger partial charge < -0.3 is 14.9 Å². The summed E-state index contributed by atoms with van der Waals surface area (Å²) < 4.78 is 5.33. The summed E-state index contributed by atoms with van der Waals surface area (Å²) in [6.45, 7) is 4.88. The first kappa shape index (κ1) is 14.7. The van der Waals surface area contributed by atoms with E-state index in [-0.39, 0.29) is 6.42 Å². The van der Waals surface area contributed by atoms with E-state index in [1.165, 1.54) is 11.3 Å². The van der Waals surface area contributed by atoms with E-state index in [2.05, 4.69) is 0 Å². The molecule has 100 valence electrons. The van der Waals surface area contributed by atoms with Crippen LogP contribution >= 0.6 is 11.3 Å². The molecule has 1 aromatic heterocycles. The van der Waals surface area contributed by atoms with Crippen molar-refractivity contribution in [3.8, 4) is 0 Å². The lowest BCUT2D eigenvalue weighted by atomic mass is 9.97. The second-order valence-electron chi connectivity index (χ2n) is 4.91. The molecule has 0 unspecified atom stereocenters. The Balaban J connectivity index is 3.14.